The van der Waals surface area contributed by atoms with Gasteiger partial charge in [0.15, 0.2) is 0 Å². The molecule has 5 heteroatoms. The van der Waals surface area contributed by atoms with Crippen LogP contribution in [-0.4, -0.2) is 46.5 Å². The molecule has 0 unspecified atom stereocenters. The summed E-state index contributed by atoms with van der Waals surface area (Å²) < 4.78 is 2.36. The number of para-hydroxylation sites is 2. The lowest BCUT2D eigenvalue weighted by Crippen LogP contribution is -2.42. The Morgan fingerprint density at radius 1 is 1.44 bits per heavy atom. The second-order valence-corrected chi connectivity index (χ2v) is 7.09. The molecule has 3 rings (SSSR count). The highest BCUT2D eigenvalue weighted by Crippen LogP contribution is 2.31. The largest absolute Gasteiger partial charge is 0.352 e. The number of carbonyl (C=O) groups excluding carboxylic acids is 1. The first-order valence-electron chi connectivity index (χ1n) is 9.17. The minimum Gasteiger partial charge on any atom is -0.352 e. The molecular weight excluding hydrogens is 312 g/mol. The van der Waals surface area contributed by atoms with E-state index in [0.29, 0.717) is 25.0 Å². The number of aromatic nitrogens is 2. The molecule has 1 amide bonds. The van der Waals surface area contributed by atoms with Gasteiger partial charge >= 0.3 is 0 Å². The molecule has 1 fully saturated rings. The molecule has 5 nitrogen and oxygen atoms in total. The maximum absolute atomic E-state index is 12.0. The summed E-state index contributed by atoms with van der Waals surface area (Å²) in [4.78, 5) is 19.2. The number of hydrogen-bond donors (Lipinski definition) is 1. The highest BCUT2D eigenvalue weighted by atomic mass is 16.2. The lowest BCUT2D eigenvalue weighted by atomic mass is 9.97. The Balaban J connectivity index is 1.79. The van der Waals surface area contributed by atoms with Crippen molar-refractivity contribution in [2.75, 3.05) is 26.2 Å². The van der Waals surface area contributed by atoms with Gasteiger partial charge in [-0.05, 0) is 45.4 Å². The highest BCUT2D eigenvalue weighted by Gasteiger charge is 2.27. The predicted octanol–water partition coefficient (Wildman–Crippen LogP) is 3.10. The summed E-state index contributed by atoms with van der Waals surface area (Å²) in [5, 5.41) is 2.87. The Labute approximate surface area is 149 Å². The van der Waals surface area contributed by atoms with Crippen LogP contribution in [0.5, 0.6) is 0 Å². The number of benzene rings is 1. The zero-order valence-electron chi connectivity index (χ0n) is 15.2. The normalized spacial score (nSPS) is 18.6. The molecule has 1 saturated heterocycles. The molecule has 2 heterocycles. The van der Waals surface area contributed by atoms with Gasteiger partial charge < -0.3 is 9.88 Å². The number of nitrogens with zero attached hydrogens (tertiary/aromatic N) is 3. The number of fused-ring (bicyclic) bond motifs is 1. The Hall–Kier alpha value is -2.14. The van der Waals surface area contributed by atoms with Crippen LogP contribution >= 0.6 is 0 Å². The van der Waals surface area contributed by atoms with Crippen molar-refractivity contribution in [2.45, 2.75) is 38.6 Å². The summed E-state index contributed by atoms with van der Waals surface area (Å²) >= 11 is 0. The maximum atomic E-state index is 12.0. The smallest absolute Gasteiger partial charge is 0.234 e. The molecule has 0 radical (unpaired) electrons. The van der Waals surface area contributed by atoms with Crippen LogP contribution in [0.2, 0.25) is 0 Å². The molecule has 0 spiro atoms. The van der Waals surface area contributed by atoms with E-state index in [1.54, 1.807) is 6.08 Å². The predicted molar refractivity (Wildman–Crippen MR) is 102 cm³/mol. The molecule has 0 bridgehead atoms. The molecule has 1 aliphatic rings. The van der Waals surface area contributed by atoms with Crippen LogP contribution in [-0.2, 0) is 4.79 Å². The van der Waals surface area contributed by atoms with Gasteiger partial charge in [-0.2, -0.15) is 0 Å². The molecule has 2 aromatic rings. The SMILES string of the molecule is C=CCNC(=O)CN1CCC[C@H](c2nc3ccccc3n2C(C)C)C1. The van der Waals surface area contributed by atoms with Crippen LogP contribution in [0.25, 0.3) is 11.0 Å². The first-order valence-corrected chi connectivity index (χ1v) is 9.17. The lowest BCUT2D eigenvalue weighted by Gasteiger charge is -2.32. The van der Waals surface area contributed by atoms with Crippen molar-refractivity contribution in [2.24, 2.45) is 0 Å². The van der Waals surface area contributed by atoms with Gasteiger partial charge in [0, 0.05) is 25.0 Å². The Morgan fingerprint density at radius 2 is 2.24 bits per heavy atom. The van der Waals surface area contributed by atoms with Gasteiger partial charge in [0.1, 0.15) is 5.82 Å². The van der Waals surface area contributed by atoms with Crippen LogP contribution in [0.15, 0.2) is 36.9 Å². The van der Waals surface area contributed by atoms with Gasteiger partial charge in [-0.3, -0.25) is 9.69 Å². The molecule has 1 atom stereocenters. The number of imidazole rings is 1. The van der Waals surface area contributed by atoms with Crippen molar-refractivity contribution in [3.8, 4) is 0 Å². The van der Waals surface area contributed by atoms with Crippen molar-refractivity contribution in [1.82, 2.24) is 19.8 Å². The van der Waals surface area contributed by atoms with Crippen LogP contribution in [0.4, 0.5) is 0 Å². The molecule has 1 aromatic heterocycles. The monoisotopic (exact) mass is 340 g/mol. The maximum Gasteiger partial charge on any atom is 0.234 e. The van der Waals surface area contributed by atoms with Gasteiger partial charge in [-0.1, -0.05) is 18.2 Å². The van der Waals surface area contributed by atoms with E-state index in [1.807, 2.05) is 6.07 Å². The number of rotatable bonds is 6. The number of carbonyl (C=O) groups is 1. The third-order valence-electron chi connectivity index (χ3n) is 4.82. The van der Waals surface area contributed by atoms with Crippen LogP contribution in [0.3, 0.4) is 0 Å². The van der Waals surface area contributed by atoms with Crippen molar-refractivity contribution in [3.05, 3.63) is 42.7 Å². The first-order chi connectivity index (χ1) is 12.1. The van der Waals surface area contributed by atoms with Gasteiger partial charge in [-0.15, -0.1) is 6.58 Å². The summed E-state index contributed by atoms with van der Waals surface area (Å²) in [7, 11) is 0. The van der Waals surface area contributed by atoms with E-state index in [9.17, 15) is 4.79 Å². The van der Waals surface area contributed by atoms with Crippen molar-refractivity contribution >= 4 is 16.9 Å². The fourth-order valence-corrected chi connectivity index (χ4v) is 3.75. The third-order valence-corrected chi connectivity index (χ3v) is 4.82. The molecule has 0 saturated carbocycles. The molecule has 1 aliphatic heterocycles. The van der Waals surface area contributed by atoms with Gasteiger partial charge in [0.25, 0.3) is 0 Å². The van der Waals surface area contributed by atoms with E-state index in [0.717, 1.165) is 37.3 Å². The number of amides is 1. The van der Waals surface area contributed by atoms with E-state index in [4.69, 9.17) is 4.98 Å². The standard InChI is InChI=1S/C20H28N4O/c1-4-11-21-19(25)14-23-12-7-8-16(13-23)20-22-17-9-5-6-10-18(17)24(20)15(2)3/h4-6,9-10,15-16H,1,7-8,11-14H2,2-3H3,(H,21,25)/t16-/m0/s1. The summed E-state index contributed by atoms with van der Waals surface area (Å²) in [5.41, 5.74) is 2.26. The third kappa shape index (κ3) is 3.93. The Kier molecular flexibility index (Phi) is 5.53. The fourth-order valence-electron chi connectivity index (χ4n) is 3.75. The van der Waals surface area contributed by atoms with Gasteiger partial charge in [-0.25, -0.2) is 4.98 Å². The van der Waals surface area contributed by atoms with Crippen molar-refractivity contribution < 1.29 is 4.79 Å². The summed E-state index contributed by atoms with van der Waals surface area (Å²) in [6.45, 7) is 10.9. The van der Waals surface area contributed by atoms with Gasteiger partial charge in [0.2, 0.25) is 5.91 Å². The molecule has 1 N–H and O–H groups in total. The molecule has 134 valence electrons. The van der Waals surface area contributed by atoms with Crippen molar-refractivity contribution in [1.29, 1.82) is 0 Å². The number of likely N-dealkylation sites (tertiary alicyclic amines) is 1. The van der Waals surface area contributed by atoms with E-state index >= 15 is 0 Å². The summed E-state index contributed by atoms with van der Waals surface area (Å²) in [6.07, 6.45) is 3.93. The minimum absolute atomic E-state index is 0.0675. The van der Waals surface area contributed by atoms with Crippen LogP contribution in [0.1, 0.15) is 44.5 Å². The quantitative estimate of drug-likeness (QED) is 0.822. The van der Waals surface area contributed by atoms with E-state index < -0.39 is 0 Å². The zero-order valence-corrected chi connectivity index (χ0v) is 15.2. The Morgan fingerprint density at radius 3 is 3.00 bits per heavy atom. The zero-order chi connectivity index (χ0) is 17.8. The van der Waals surface area contributed by atoms with E-state index in [1.165, 1.54) is 5.52 Å². The van der Waals surface area contributed by atoms with E-state index in [-0.39, 0.29) is 5.91 Å². The molecular formula is C20H28N4O. The number of hydrogen-bond acceptors (Lipinski definition) is 3. The molecule has 1 aromatic carbocycles. The topological polar surface area (TPSA) is 50.2 Å². The van der Waals surface area contributed by atoms with Crippen molar-refractivity contribution in [3.63, 3.8) is 0 Å². The average molecular weight is 340 g/mol. The van der Waals surface area contributed by atoms with Crippen LogP contribution in [0, 0.1) is 0 Å². The van der Waals surface area contributed by atoms with E-state index in [2.05, 4.69) is 53.4 Å². The number of piperidine rings is 1. The average Bonchev–Trinajstić information content (AvgIpc) is 3.00. The summed E-state index contributed by atoms with van der Waals surface area (Å²) in [5.74, 6) is 1.60. The second-order valence-electron chi connectivity index (χ2n) is 7.09. The van der Waals surface area contributed by atoms with Crippen LogP contribution < -0.4 is 5.32 Å². The van der Waals surface area contributed by atoms with Gasteiger partial charge in [0.05, 0.1) is 17.6 Å². The Bertz CT molecular complexity index is 749. The highest BCUT2D eigenvalue weighted by molar-refractivity contribution is 5.78. The molecule has 25 heavy (non-hydrogen) atoms. The summed E-state index contributed by atoms with van der Waals surface area (Å²) in [6, 6.07) is 8.72. The fraction of sp³-hybridized carbons (Fsp3) is 0.500. The first kappa shape index (κ1) is 17.7. The lowest BCUT2D eigenvalue weighted by molar-refractivity contribution is -0.122. The molecule has 0 aliphatic carbocycles. The minimum atomic E-state index is 0.0675. The second kappa shape index (κ2) is 7.83. The number of nitrogens with one attached hydrogen (secondary N) is 1.